The summed E-state index contributed by atoms with van der Waals surface area (Å²) in [5.74, 6) is 0.0406. The average Bonchev–Trinajstić information content (AvgIpc) is 3.42. The van der Waals surface area contributed by atoms with Gasteiger partial charge in [-0.25, -0.2) is 0 Å². The molecule has 7 heteroatoms. The Morgan fingerprint density at radius 2 is 2.31 bits per heavy atom. The topological polar surface area (TPSA) is 91.1 Å². The number of ether oxygens (including phenoxy) is 1. The Bertz CT molecular complexity index is 911. The average molecular weight is 391 g/mol. The molecule has 0 saturated carbocycles. The van der Waals surface area contributed by atoms with Gasteiger partial charge in [-0.2, -0.15) is 5.26 Å². The second kappa shape index (κ2) is 8.58. The summed E-state index contributed by atoms with van der Waals surface area (Å²) >= 11 is 0. The van der Waals surface area contributed by atoms with Crippen LogP contribution < -0.4 is 5.32 Å². The Hall–Kier alpha value is -2.98. The van der Waals surface area contributed by atoms with Crippen molar-refractivity contribution in [3.63, 3.8) is 0 Å². The molecule has 3 atom stereocenters. The maximum atomic E-state index is 13.1. The van der Waals surface area contributed by atoms with E-state index < -0.39 is 0 Å². The molecule has 2 aromatic rings. The standard InChI is InChI=1S/C22H25N5O2/c1-15-9-20(17(11-23)12-25-15)26-13-18-10-16(14-29-18)22(28)27-8-4-6-21(27)19-5-2-3-7-24-19/h2-3,5,7,9,12,16,18,21H,4,6,8,10,13-14H2,1H3,(H,25,26)/t16-,18-,21?/m0/s1. The molecule has 1 amide bonds. The molecule has 0 radical (unpaired) electrons. The minimum atomic E-state index is -0.124. The highest BCUT2D eigenvalue weighted by atomic mass is 16.5. The maximum absolute atomic E-state index is 13.1. The summed E-state index contributed by atoms with van der Waals surface area (Å²) in [6.45, 7) is 3.67. The number of likely N-dealkylation sites (tertiary alicyclic amines) is 1. The highest BCUT2D eigenvalue weighted by Gasteiger charge is 2.38. The van der Waals surface area contributed by atoms with Crippen LogP contribution in [0.1, 0.15) is 42.3 Å². The predicted molar refractivity (Wildman–Crippen MR) is 108 cm³/mol. The lowest BCUT2D eigenvalue weighted by Crippen LogP contribution is -2.36. The normalized spacial score (nSPS) is 23.7. The van der Waals surface area contributed by atoms with Crippen LogP contribution in [0, 0.1) is 24.2 Å². The summed E-state index contributed by atoms with van der Waals surface area (Å²) in [5.41, 5.74) is 3.08. The summed E-state index contributed by atoms with van der Waals surface area (Å²) in [4.78, 5) is 23.7. The van der Waals surface area contributed by atoms with Gasteiger partial charge in [-0.15, -0.1) is 0 Å². The third-order valence-corrected chi connectivity index (χ3v) is 5.68. The van der Waals surface area contributed by atoms with Gasteiger partial charge < -0.3 is 15.0 Å². The Labute approximate surface area is 170 Å². The third-order valence-electron chi connectivity index (χ3n) is 5.68. The number of nitriles is 1. The van der Waals surface area contributed by atoms with Gasteiger partial charge in [0.1, 0.15) is 6.07 Å². The van der Waals surface area contributed by atoms with E-state index in [1.807, 2.05) is 36.1 Å². The zero-order valence-electron chi connectivity index (χ0n) is 16.5. The molecule has 1 N–H and O–H groups in total. The van der Waals surface area contributed by atoms with E-state index in [2.05, 4.69) is 21.4 Å². The number of carbonyl (C=O) groups is 1. The van der Waals surface area contributed by atoms with Crippen molar-refractivity contribution < 1.29 is 9.53 Å². The van der Waals surface area contributed by atoms with Crippen molar-refractivity contribution in [2.24, 2.45) is 5.92 Å². The van der Waals surface area contributed by atoms with Gasteiger partial charge in [0.2, 0.25) is 5.91 Å². The molecule has 0 bridgehead atoms. The molecule has 4 heterocycles. The molecule has 0 spiro atoms. The molecular weight excluding hydrogens is 366 g/mol. The fourth-order valence-electron chi connectivity index (χ4n) is 4.18. The van der Waals surface area contributed by atoms with Crippen LogP contribution in [-0.4, -0.2) is 46.6 Å². The number of nitrogens with one attached hydrogen (secondary N) is 1. The monoisotopic (exact) mass is 391 g/mol. The number of anilines is 1. The molecule has 29 heavy (non-hydrogen) atoms. The Kier molecular flexibility index (Phi) is 5.72. The van der Waals surface area contributed by atoms with E-state index in [1.54, 1.807) is 12.4 Å². The second-order valence-corrected chi connectivity index (χ2v) is 7.70. The van der Waals surface area contributed by atoms with Gasteiger partial charge in [0.15, 0.2) is 0 Å². The first-order chi connectivity index (χ1) is 14.2. The van der Waals surface area contributed by atoms with Crippen molar-refractivity contribution in [2.45, 2.75) is 38.3 Å². The number of nitrogens with zero attached hydrogens (tertiary/aromatic N) is 4. The highest BCUT2D eigenvalue weighted by Crippen LogP contribution is 2.34. The number of hydrogen-bond acceptors (Lipinski definition) is 6. The largest absolute Gasteiger partial charge is 0.381 e. The number of pyridine rings is 2. The number of amides is 1. The summed E-state index contributed by atoms with van der Waals surface area (Å²) in [5, 5.41) is 12.5. The highest BCUT2D eigenvalue weighted by molar-refractivity contribution is 5.80. The number of carbonyl (C=O) groups excluding carboxylic acids is 1. The van der Waals surface area contributed by atoms with Crippen molar-refractivity contribution in [1.82, 2.24) is 14.9 Å². The van der Waals surface area contributed by atoms with Crippen molar-refractivity contribution >= 4 is 11.6 Å². The predicted octanol–water partition coefficient (Wildman–Crippen LogP) is 2.84. The van der Waals surface area contributed by atoms with Crippen LogP contribution in [0.4, 0.5) is 5.69 Å². The molecular formula is C22H25N5O2. The Balaban J connectivity index is 1.35. The first-order valence-electron chi connectivity index (χ1n) is 10.1. The molecule has 0 aliphatic carbocycles. The van der Waals surface area contributed by atoms with E-state index >= 15 is 0 Å². The van der Waals surface area contributed by atoms with E-state index in [0.717, 1.165) is 36.5 Å². The smallest absolute Gasteiger partial charge is 0.228 e. The van der Waals surface area contributed by atoms with Crippen LogP contribution in [0.5, 0.6) is 0 Å². The summed E-state index contributed by atoms with van der Waals surface area (Å²) in [7, 11) is 0. The summed E-state index contributed by atoms with van der Waals surface area (Å²) in [6, 6.07) is 9.95. The lowest BCUT2D eigenvalue weighted by atomic mass is 10.0. The molecule has 4 rings (SSSR count). The molecule has 0 aromatic carbocycles. The van der Waals surface area contributed by atoms with Gasteiger partial charge in [0, 0.05) is 31.2 Å². The maximum Gasteiger partial charge on any atom is 0.228 e. The minimum Gasteiger partial charge on any atom is -0.381 e. The third kappa shape index (κ3) is 4.22. The van der Waals surface area contributed by atoms with Gasteiger partial charge in [-0.1, -0.05) is 6.07 Å². The summed E-state index contributed by atoms with van der Waals surface area (Å²) < 4.78 is 5.89. The Morgan fingerprint density at radius 1 is 1.41 bits per heavy atom. The second-order valence-electron chi connectivity index (χ2n) is 7.70. The number of hydrogen-bond donors (Lipinski definition) is 1. The molecule has 2 aromatic heterocycles. The molecule has 2 saturated heterocycles. The minimum absolute atomic E-state index is 0.0557. The molecule has 2 aliphatic rings. The van der Waals surface area contributed by atoms with E-state index in [0.29, 0.717) is 25.1 Å². The molecule has 2 aliphatic heterocycles. The number of aromatic nitrogens is 2. The molecule has 150 valence electrons. The lowest BCUT2D eigenvalue weighted by Gasteiger charge is -2.26. The van der Waals surface area contributed by atoms with Gasteiger partial charge in [0.25, 0.3) is 0 Å². The van der Waals surface area contributed by atoms with E-state index in [-0.39, 0.29) is 24.0 Å². The van der Waals surface area contributed by atoms with E-state index in [1.165, 1.54) is 0 Å². The van der Waals surface area contributed by atoms with Crippen LogP contribution in [0.25, 0.3) is 0 Å². The van der Waals surface area contributed by atoms with Crippen LogP contribution in [0.2, 0.25) is 0 Å². The van der Waals surface area contributed by atoms with Crippen LogP contribution in [0.15, 0.2) is 36.7 Å². The van der Waals surface area contributed by atoms with Crippen molar-refractivity contribution in [3.8, 4) is 6.07 Å². The van der Waals surface area contributed by atoms with E-state index in [4.69, 9.17) is 4.74 Å². The van der Waals surface area contributed by atoms with Crippen molar-refractivity contribution in [1.29, 1.82) is 5.26 Å². The quantitative estimate of drug-likeness (QED) is 0.843. The van der Waals surface area contributed by atoms with Crippen LogP contribution >= 0.6 is 0 Å². The van der Waals surface area contributed by atoms with Gasteiger partial charge in [0.05, 0.1) is 41.6 Å². The SMILES string of the molecule is Cc1cc(NC[C@@H]2C[C@H](C(=O)N3CCCC3c3ccccn3)CO2)c(C#N)cn1. The van der Waals surface area contributed by atoms with Gasteiger partial charge in [-0.05, 0) is 44.4 Å². The summed E-state index contributed by atoms with van der Waals surface area (Å²) in [6.07, 6.45) is 5.95. The van der Waals surface area contributed by atoms with Crippen molar-refractivity contribution in [2.75, 3.05) is 25.0 Å². The fourth-order valence-corrected chi connectivity index (χ4v) is 4.18. The van der Waals surface area contributed by atoms with E-state index in [9.17, 15) is 10.1 Å². The fraction of sp³-hybridized carbons (Fsp3) is 0.455. The van der Waals surface area contributed by atoms with Gasteiger partial charge in [-0.3, -0.25) is 14.8 Å². The molecule has 2 fully saturated rings. The van der Waals surface area contributed by atoms with Crippen molar-refractivity contribution in [3.05, 3.63) is 53.6 Å². The van der Waals surface area contributed by atoms with Crippen LogP contribution in [0.3, 0.4) is 0 Å². The lowest BCUT2D eigenvalue weighted by molar-refractivity contribution is -0.136. The number of aryl methyl sites for hydroxylation is 1. The Morgan fingerprint density at radius 3 is 3.10 bits per heavy atom. The van der Waals surface area contributed by atoms with Crippen LogP contribution in [-0.2, 0) is 9.53 Å². The first kappa shape index (κ1) is 19.3. The zero-order valence-corrected chi connectivity index (χ0v) is 16.5. The molecule has 7 nitrogen and oxygen atoms in total. The van der Waals surface area contributed by atoms with Gasteiger partial charge >= 0.3 is 0 Å². The zero-order chi connectivity index (χ0) is 20.2. The molecule has 1 unspecified atom stereocenters. The number of rotatable bonds is 5. The first-order valence-corrected chi connectivity index (χ1v) is 10.1.